The maximum Gasteiger partial charge on any atom is 0.358 e. The van der Waals surface area contributed by atoms with E-state index < -0.39 is 17.5 Å². The fraction of sp³-hybridized carbons (Fsp3) is 0.200. The molecule has 1 fully saturated rings. The van der Waals surface area contributed by atoms with E-state index in [4.69, 9.17) is 5.73 Å². The number of nitrogens with two attached hydrogens (primary N) is 1. The Hall–Kier alpha value is -3.90. The number of aliphatic hydroxyl groups is 1. The summed E-state index contributed by atoms with van der Waals surface area (Å²) in [4.78, 5) is 33.4. The van der Waals surface area contributed by atoms with Gasteiger partial charge in [0.15, 0.2) is 11.3 Å². The van der Waals surface area contributed by atoms with Crippen LogP contribution in [-0.4, -0.2) is 60.6 Å². The molecule has 9 nitrogen and oxygen atoms in total. The van der Waals surface area contributed by atoms with Crippen LogP contribution < -0.4 is 5.73 Å². The lowest BCUT2D eigenvalue weighted by atomic mass is 10.0. The van der Waals surface area contributed by atoms with Gasteiger partial charge < -0.3 is 20.8 Å². The van der Waals surface area contributed by atoms with Gasteiger partial charge in [-0.25, -0.2) is 14.8 Å². The van der Waals surface area contributed by atoms with Crippen LogP contribution in [0.15, 0.2) is 36.7 Å². The first-order valence-corrected chi connectivity index (χ1v) is 8.77. The minimum atomic E-state index is -1.70. The molecule has 0 unspecified atom stereocenters. The molecule has 0 spiro atoms. The van der Waals surface area contributed by atoms with E-state index in [0.29, 0.717) is 29.0 Å². The number of hydrogen-bond donors (Lipinski definition) is 3. The van der Waals surface area contributed by atoms with Gasteiger partial charge in [-0.05, 0) is 12.1 Å². The number of fused-ring (bicyclic) bond motifs is 1. The number of carboxylic acids is 1. The van der Waals surface area contributed by atoms with Crippen molar-refractivity contribution in [2.75, 3.05) is 19.3 Å². The van der Waals surface area contributed by atoms with Gasteiger partial charge in [0, 0.05) is 43.5 Å². The van der Waals surface area contributed by atoms with E-state index in [1.165, 1.54) is 15.5 Å². The van der Waals surface area contributed by atoms with E-state index in [2.05, 4.69) is 21.8 Å². The van der Waals surface area contributed by atoms with Gasteiger partial charge in [-0.2, -0.15) is 0 Å². The number of likely N-dealkylation sites (tertiary alicyclic amines) is 1. The smallest absolute Gasteiger partial charge is 0.358 e. The van der Waals surface area contributed by atoms with Crippen molar-refractivity contribution in [3.63, 3.8) is 0 Å². The van der Waals surface area contributed by atoms with Crippen LogP contribution in [-0.2, 0) is 4.79 Å². The highest BCUT2D eigenvalue weighted by Gasteiger charge is 2.42. The number of imidazole rings is 1. The normalized spacial score (nSPS) is 18.7. The van der Waals surface area contributed by atoms with Crippen molar-refractivity contribution in [2.45, 2.75) is 12.0 Å². The summed E-state index contributed by atoms with van der Waals surface area (Å²) in [5.74, 6) is 3.81. The number of rotatable bonds is 2. The summed E-state index contributed by atoms with van der Waals surface area (Å²) in [6, 6.07) is 6.89. The van der Waals surface area contributed by atoms with Gasteiger partial charge in [0.1, 0.15) is 11.5 Å². The van der Waals surface area contributed by atoms with Gasteiger partial charge in [0.2, 0.25) is 5.60 Å². The Morgan fingerprint density at radius 1 is 1.38 bits per heavy atom. The Labute approximate surface area is 165 Å². The molecular weight excluding hydrogens is 374 g/mol. The molecule has 9 heteroatoms. The molecule has 1 atom stereocenters. The van der Waals surface area contributed by atoms with E-state index in [1.54, 1.807) is 37.5 Å². The quantitative estimate of drug-likeness (QED) is 0.545. The van der Waals surface area contributed by atoms with E-state index in [-0.39, 0.29) is 17.9 Å². The molecule has 0 radical (unpaired) electrons. The van der Waals surface area contributed by atoms with Gasteiger partial charge in [-0.15, -0.1) is 0 Å². The Kier molecular flexibility index (Phi) is 4.21. The number of nitrogen functional groups attached to an aromatic ring is 1. The third-order valence-electron chi connectivity index (χ3n) is 4.84. The van der Waals surface area contributed by atoms with E-state index in [0.717, 1.165) is 0 Å². The molecule has 2 aromatic heterocycles. The number of benzene rings is 1. The highest BCUT2D eigenvalue weighted by Crippen LogP contribution is 2.26. The Morgan fingerprint density at radius 3 is 2.86 bits per heavy atom. The van der Waals surface area contributed by atoms with Crippen molar-refractivity contribution >= 4 is 23.3 Å². The topological polar surface area (TPSA) is 134 Å². The molecule has 1 aliphatic rings. The number of nitrogens with zero attached hydrogens (tertiary/aromatic N) is 4. The van der Waals surface area contributed by atoms with Crippen LogP contribution >= 0.6 is 0 Å². The van der Waals surface area contributed by atoms with Gasteiger partial charge in [0.05, 0.1) is 0 Å². The summed E-state index contributed by atoms with van der Waals surface area (Å²) in [6.45, 7) is 0.440. The van der Waals surface area contributed by atoms with E-state index in [9.17, 15) is 19.8 Å². The molecular formula is C20H17N5O4. The third kappa shape index (κ3) is 3.05. The van der Waals surface area contributed by atoms with E-state index in [1.807, 2.05) is 0 Å². The van der Waals surface area contributed by atoms with Gasteiger partial charge in [-0.1, -0.05) is 24.0 Å². The van der Waals surface area contributed by atoms with Gasteiger partial charge in [-0.3, -0.25) is 9.20 Å². The second kappa shape index (κ2) is 6.61. The first-order valence-electron chi connectivity index (χ1n) is 8.77. The molecule has 0 aliphatic carbocycles. The summed E-state index contributed by atoms with van der Waals surface area (Å²) < 4.78 is 1.46. The number of likely N-dealkylation sites (N-methyl/N-ethyl adjacent to an activating group) is 1. The maximum atomic E-state index is 12.1. The third-order valence-corrected chi connectivity index (χ3v) is 4.84. The largest absolute Gasteiger partial charge is 0.476 e. The molecule has 0 bridgehead atoms. The van der Waals surface area contributed by atoms with Crippen molar-refractivity contribution in [3.05, 3.63) is 47.9 Å². The number of aromatic nitrogens is 3. The SMILES string of the molecule is CN1CC[C@@](O)(C#Cc2cccc(-c3nc(C(=O)O)c(N)n4ccnc34)c2)C1=O. The zero-order chi connectivity index (χ0) is 20.8. The highest BCUT2D eigenvalue weighted by atomic mass is 16.4. The van der Waals surface area contributed by atoms with Crippen LogP contribution in [0.4, 0.5) is 5.82 Å². The van der Waals surface area contributed by atoms with E-state index >= 15 is 0 Å². The average Bonchev–Trinajstić information content (AvgIpc) is 3.29. The van der Waals surface area contributed by atoms with Crippen LogP contribution in [0.1, 0.15) is 22.5 Å². The molecule has 0 saturated carbocycles. The monoisotopic (exact) mass is 391 g/mol. The first kappa shape index (κ1) is 18.5. The molecule has 1 aliphatic heterocycles. The number of carboxylic acid groups (broad SMARTS) is 1. The van der Waals surface area contributed by atoms with Crippen LogP contribution in [0.2, 0.25) is 0 Å². The number of carbonyl (C=O) groups excluding carboxylic acids is 1. The summed E-state index contributed by atoms with van der Waals surface area (Å²) in [5, 5.41) is 19.9. The van der Waals surface area contributed by atoms with Crippen LogP contribution in [0, 0.1) is 11.8 Å². The molecule has 3 aromatic rings. The van der Waals surface area contributed by atoms with Crippen molar-refractivity contribution in [2.24, 2.45) is 0 Å². The summed E-state index contributed by atoms with van der Waals surface area (Å²) in [5.41, 5.74) is 5.77. The Morgan fingerprint density at radius 2 is 2.17 bits per heavy atom. The number of hydrogen-bond acceptors (Lipinski definition) is 6. The summed E-state index contributed by atoms with van der Waals surface area (Å²) >= 11 is 0. The first-order chi connectivity index (χ1) is 13.8. The molecule has 1 saturated heterocycles. The molecule has 1 aromatic carbocycles. The minimum Gasteiger partial charge on any atom is -0.476 e. The van der Waals surface area contributed by atoms with Gasteiger partial charge >= 0.3 is 5.97 Å². The summed E-state index contributed by atoms with van der Waals surface area (Å²) in [7, 11) is 1.62. The fourth-order valence-corrected chi connectivity index (χ4v) is 3.25. The highest BCUT2D eigenvalue weighted by molar-refractivity contribution is 5.93. The van der Waals surface area contributed by atoms with Crippen molar-refractivity contribution in [1.82, 2.24) is 19.3 Å². The van der Waals surface area contributed by atoms with Crippen LogP contribution in [0.5, 0.6) is 0 Å². The average molecular weight is 391 g/mol. The fourth-order valence-electron chi connectivity index (χ4n) is 3.25. The minimum absolute atomic E-state index is 0.0178. The van der Waals surface area contributed by atoms with Crippen molar-refractivity contribution < 1.29 is 19.8 Å². The molecule has 29 heavy (non-hydrogen) atoms. The Balaban J connectivity index is 1.79. The Bertz CT molecular complexity index is 1220. The number of anilines is 1. The number of amides is 1. The van der Waals surface area contributed by atoms with Gasteiger partial charge in [0.25, 0.3) is 5.91 Å². The molecule has 4 N–H and O–H groups in total. The second-order valence-electron chi connectivity index (χ2n) is 6.79. The second-order valence-corrected chi connectivity index (χ2v) is 6.79. The molecule has 146 valence electrons. The van der Waals surface area contributed by atoms with Crippen LogP contribution in [0.3, 0.4) is 0 Å². The lowest BCUT2D eigenvalue weighted by Crippen LogP contribution is -2.37. The number of aromatic carboxylic acids is 1. The number of carbonyl (C=O) groups is 2. The lowest BCUT2D eigenvalue weighted by Gasteiger charge is -2.13. The zero-order valence-corrected chi connectivity index (χ0v) is 15.5. The summed E-state index contributed by atoms with van der Waals surface area (Å²) in [6.07, 6.45) is 3.30. The van der Waals surface area contributed by atoms with Crippen LogP contribution in [0.25, 0.3) is 16.9 Å². The molecule has 1 amide bonds. The standard InChI is InChI=1S/C20H17N5O4/c1-24-9-7-20(29,19(24)28)6-5-12-3-2-4-13(11-12)14-17-22-8-10-25(17)16(21)15(23-14)18(26)27/h2-4,8,10-11,29H,7,9,21H2,1H3,(H,26,27)/t20-/m0/s1. The molecule has 4 rings (SSSR count). The van der Waals surface area contributed by atoms with Crippen molar-refractivity contribution in [1.29, 1.82) is 0 Å². The van der Waals surface area contributed by atoms with Crippen molar-refractivity contribution in [3.8, 4) is 23.1 Å². The molecule has 3 heterocycles. The predicted molar refractivity (Wildman–Crippen MR) is 104 cm³/mol. The lowest BCUT2D eigenvalue weighted by molar-refractivity contribution is -0.137. The maximum absolute atomic E-state index is 12.1. The zero-order valence-electron chi connectivity index (χ0n) is 15.5. The predicted octanol–water partition coefficient (Wildman–Crippen LogP) is 0.621.